The van der Waals surface area contributed by atoms with Crippen molar-refractivity contribution in [1.29, 1.82) is 0 Å². The molecule has 4 rings (SSSR count). The highest BCUT2D eigenvalue weighted by molar-refractivity contribution is 9.10. The number of aromatic nitrogens is 1. The Hall–Kier alpha value is -2.44. The van der Waals surface area contributed by atoms with E-state index in [-0.39, 0.29) is 5.91 Å². The van der Waals surface area contributed by atoms with E-state index >= 15 is 0 Å². The van der Waals surface area contributed by atoms with E-state index in [2.05, 4.69) is 31.2 Å². The van der Waals surface area contributed by atoms with E-state index in [9.17, 15) is 4.79 Å². The van der Waals surface area contributed by atoms with E-state index in [4.69, 9.17) is 0 Å². The molecule has 26 heavy (non-hydrogen) atoms. The zero-order valence-corrected chi connectivity index (χ0v) is 16.0. The summed E-state index contributed by atoms with van der Waals surface area (Å²) in [5.74, 6) is -0.118. The van der Waals surface area contributed by atoms with Gasteiger partial charge >= 0.3 is 0 Å². The average Bonchev–Trinajstić information content (AvgIpc) is 3.00. The summed E-state index contributed by atoms with van der Waals surface area (Å²) in [6.07, 6.45) is 3.65. The molecule has 0 atom stereocenters. The third kappa shape index (κ3) is 3.71. The van der Waals surface area contributed by atoms with E-state index in [0.717, 1.165) is 26.5 Å². The van der Waals surface area contributed by atoms with Gasteiger partial charge in [-0.15, -0.1) is 0 Å². The Kier molecular flexibility index (Phi) is 4.86. The number of thioether (sulfide) groups is 1. The normalized spacial score (nSPS) is 17.2. The molecular weight excluding hydrogens is 410 g/mol. The number of rotatable bonds is 3. The van der Waals surface area contributed by atoms with Gasteiger partial charge in [0, 0.05) is 16.1 Å². The first-order chi connectivity index (χ1) is 12.7. The number of pyridine rings is 1. The second-order valence-corrected chi connectivity index (χ2v) is 7.62. The highest BCUT2D eigenvalue weighted by Gasteiger charge is 2.23. The molecule has 1 amide bonds. The van der Waals surface area contributed by atoms with Crippen molar-refractivity contribution in [3.05, 3.63) is 81.3 Å². The molecule has 0 saturated carbocycles. The van der Waals surface area contributed by atoms with Crippen LogP contribution in [0.25, 0.3) is 17.0 Å². The molecule has 0 unspecified atom stereocenters. The minimum absolute atomic E-state index is 0.118. The third-order valence-electron chi connectivity index (χ3n) is 3.93. The number of fused-ring (bicyclic) bond motifs is 1. The molecule has 1 aromatic heterocycles. The van der Waals surface area contributed by atoms with Gasteiger partial charge in [0.05, 0.1) is 17.0 Å². The molecule has 1 aliphatic rings. The Morgan fingerprint density at radius 2 is 2.04 bits per heavy atom. The fraction of sp³-hybridized carbons (Fsp3) is 0.0500. The van der Waals surface area contributed by atoms with Crippen molar-refractivity contribution >= 4 is 55.7 Å². The lowest BCUT2D eigenvalue weighted by Crippen LogP contribution is -2.19. The zero-order chi connectivity index (χ0) is 17.9. The maximum atomic E-state index is 12.2. The fourth-order valence-corrected chi connectivity index (χ4v) is 3.85. The lowest BCUT2D eigenvalue weighted by atomic mass is 10.1. The van der Waals surface area contributed by atoms with E-state index in [1.165, 1.54) is 11.8 Å². The number of benzene rings is 2. The van der Waals surface area contributed by atoms with Crippen LogP contribution in [0, 0.1) is 0 Å². The molecule has 6 heteroatoms. The Morgan fingerprint density at radius 3 is 2.92 bits per heavy atom. The summed E-state index contributed by atoms with van der Waals surface area (Å²) in [5.41, 5.74) is 2.98. The first-order valence-corrected chi connectivity index (χ1v) is 9.63. The number of halogens is 1. The molecule has 1 saturated heterocycles. The standard InChI is InChI=1S/C20H14BrN3OS/c21-16-6-2-1-4-15(16)12-23-20-24-19(25)18(26-20)11-13-7-8-17-14(10-13)5-3-9-22-17/h1-11H,12H2,(H,23,24,25)/b18-11-. The Morgan fingerprint density at radius 1 is 1.15 bits per heavy atom. The molecule has 4 nitrogen and oxygen atoms in total. The van der Waals surface area contributed by atoms with Crippen LogP contribution in [0.1, 0.15) is 11.1 Å². The van der Waals surface area contributed by atoms with Gasteiger partial charge < -0.3 is 5.32 Å². The quantitative estimate of drug-likeness (QED) is 0.617. The number of amides is 1. The second-order valence-electron chi connectivity index (χ2n) is 5.73. The lowest BCUT2D eigenvalue weighted by Gasteiger charge is -2.00. The summed E-state index contributed by atoms with van der Waals surface area (Å²) in [6.45, 7) is 0.513. The van der Waals surface area contributed by atoms with Crippen LogP contribution in [0.5, 0.6) is 0 Å². The predicted molar refractivity (Wildman–Crippen MR) is 111 cm³/mol. The smallest absolute Gasteiger partial charge is 0.264 e. The van der Waals surface area contributed by atoms with Gasteiger partial charge in [-0.1, -0.05) is 46.3 Å². The molecule has 2 heterocycles. The molecule has 0 spiro atoms. The van der Waals surface area contributed by atoms with Crippen LogP contribution in [0.15, 0.2) is 75.2 Å². The fourth-order valence-electron chi connectivity index (χ4n) is 2.62. The lowest BCUT2D eigenvalue weighted by molar-refractivity contribution is -0.115. The van der Waals surface area contributed by atoms with Gasteiger partial charge in [-0.2, -0.15) is 0 Å². The van der Waals surface area contributed by atoms with Crippen molar-refractivity contribution < 1.29 is 4.79 Å². The summed E-state index contributed by atoms with van der Waals surface area (Å²) in [4.78, 5) is 21.7. The first kappa shape index (κ1) is 17.0. The summed E-state index contributed by atoms with van der Waals surface area (Å²) >= 11 is 4.88. The zero-order valence-electron chi connectivity index (χ0n) is 13.6. The van der Waals surface area contributed by atoms with E-state index in [0.29, 0.717) is 16.6 Å². The molecule has 1 aliphatic heterocycles. The van der Waals surface area contributed by atoms with Crippen molar-refractivity contribution in [2.24, 2.45) is 4.99 Å². The topological polar surface area (TPSA) is 54.4 Å². The van der Waals surface area contributed by atoms with Crippen molar-refractivity contribution in [3.8, 4) is 0 Å². The van der Waals surface area contributed by atoms with Crippen LogP contribution in [0.3, 0.4) is 0 Å². The monoisotopic (exact) mass is 423 g/mol. The van der Waals surface area contributed by atoms with Crippen molar-refractivity contribution in [2.45, 2.75) is 6.54 Å². The maximum Gasteiger partial charge on any atom is 0.264 e. The van der Waals surface area contributed by atoms with Gasteiger partial charge in [-0.05, 0) is 53.2 Å². The van der Waals surface area contributed by atoms with Crippen LogP contribution in [0.4, 0.5) is 0 Å². The molecule has 2 aromatic carbocycles. The number of nitrogens with zero attached hydrogens (tertiary/aromatic N) is 2. The summed E-state index contributed by atoms with van der Waals surface area (Å²) in [5, 5.41) is 4.50. The maximum absolute atomic E-state index is 12.2. The summed E-state index contributed by atoms with van der Waals surface area (Å²) < 4.78 is 1.01. The number of amidine groups is 1. The second kappa shape index (κ2) is 7.43. The molecule has 3 aromatic rings. The van der Waals surface area contributed by atoms with Gasteiger partial charge in [0.25, 0.3) is 5.91 Å². The van der Waals surface area contributed by atoms with Gasteiger partial charge in [-0.3, -0.25) is 14.8 Å². The minimum atomic E-state index is -0.118. The molecule has 0 aliphatic carbocycles. The first-order valence-electron chi connectivity index (χ1n) is 8.02. The van der Waals surface area contributed by atoms with E-state index in [1.54, 1.807) is 6.20 Å². The van der Waals surface area contributed by atoms with Gasteiger partial charge in [-0.25, -0.2) is 0 Å². The SMILES string of the molecule is O=C1NC(=NCc2ccccc2Br)S/C1=C\c1ccc2ncccc2c1. The van der Waals surface area contributed by atoms with Crippen LogP contribution in [-0.2, 0) is 11.3 Å². The number of aliphatic imine (C=N–C) groups is 1. The number of nitrogens with one attached hydrogen (secondary N) is 1. The third-order valence-corrected chi connectivity index (χ3v) is 5.65. The molecule has 0 radical (unpaired) electrons. The Balaban J connectivity index is 1.54. The van der Waals surface area contributed by atoms with Gasteiger partial charge in [0.1, 0.15) is 0 Å². The summed E-state index contributed by atoms with van der Waals surface area (Å²) in [7, 11) is 0. The molecule has 1 fully saturated rings. The highest BCUT2D eigenvalue weighted by atomic mass is 79.9. The summed E-state index contributed by atoms with van der Waals surface area (Å²) in [6, 6.07) is 17.8. The van der Waals surface area contributed by atoms with E-state index in [1.807, 2.05) is 60.7 Å². The van der Waals surface area contributed by atoms with Crippen LogP contribution in [-0.4, -0.2) is 16.1 Å². The predicted octanol–water partition coefficient (Wildman–Crippen LogP) is 4.76. The highest BCUT2D eigenvalue weighted by Crippen LogP contribution is 2.27. The Labute approximate surface area is 163 Å². The Bertz CT molecular complexity index is 1060. The van der Waals surface area contributed by atoms with Crippen molar-refractivity contribution in [1.82, 2.24) is 10.3 Å². The average molecular weight is 424 g/mol. The molecule has 128 valence electrons. The number of carbonyl (C=O) groups excluding carboxylic acids is 1. The van der Waals surface area contributed by atoms with E-state index < -0.39 is 0 Å². The molecule has 0 bridgehead atoms. The number of hydrogen-bond acceptors (Lipinski definition) is 4. The number of carbonyl (C=O) groups is 1. The van der Waals surface area contributed by atoms with Crippen LogP contribution < -0.4 is 5.32 Å². The minimum Gasteiger partial charge on any atom is -0.301 e. The van der Waals surface area contributed by atoms with Crippen LogP contribution >= 0.6 is 27.7 Å². The van der Waals surface area contributed by atoms with Gasteiger partial charge in [0.15, 0.2) is 5.17 Å². The van der Waals surface area contributed by atoms with Crippen LogP contribution in [0.2, 0.25) is 0 Å². The number of hydrogen-bond donors (Lipinski definition) is 1. The molecular formula is C20H14BrN3OS. The van der Waals surface area contributed by atoms with Crippen molar-refractivity contribution in [2.75, 3.05) is 0 Å². The van der Waals surface area contributed by atoms with Crippen molar-refractivity contribution in [3.63, 3.8) is 0 Å². The largest absolute Gasteiger partial charge is 0.301 e. The van der Waals surface area contributed by atoms with Gasteiger partial charge in [0.2, 0.25) is 0 Å². The molecule has 1 N–H and O–H groups in total.